The van der Waals surface area contributed by atoms with Crippen molar-refractivity contribution in [2.24, 2.45) is 0 Å². The highest BCUT2D eigenvalue weighted by Gasteiger charge is 2.05. The first-order valence-corrected chi connectivity index (χ1v) is 8.94. The second-order valence-corrected chi connectivity index (χ2v) is 6.71. The van der Waals surface area contributed by atoms with Crippen LogP contribution >= 0.6 is 27.3 Å². The minimum absolute atomic E-state index is 0.134. The third-order valence-electron chi connectivity index (χ3n) is 3.16. The van der Waals surface area contributed by atoms with E-state index in [9.17, 15) is 4.79 Å². The normalized spacial score (nSPS) is 10.4. The molecule has 0 aliphatic heterocycles. The first-order chi connectivity index (χ1) is 11.7. The number of halogens is 1. The topological polar surface area (TPSA) is 64.1 Å². The van der Waals surface area contributed by atoms with Gasteiger partial charge in [0.2, 0.25) is 5.88 Å². The molecule has 0 saturated heterocycles. The Morgan fingerprint density at radius 3 is 2.62 bits per heavy atom. The average Bonchev–Trinajstić information content (AvgIpc) is 3.14. The van der Waals surface area contributed by atoms with Crippen molar-refractivity contribution in [1.82, 2.24) is 15.5 Å². The van der Waals surface area contributed by atoms with Crippen LogP contribution in [0.5, 0.6) is 5.88 Å². The van der Waals surface area contributed by atoms with E-state index in [1.54, 1.807) is 29.5 Å². The van der Waals surface area contributed by atoms with Crippen LogP contribution in [0.15, 0.2) is 58.4 Å². The van der Waals surface area contributed by atoms with Crippen LogP contribution in [0.25, 0.3) is 10.6 Å². The second-order valence-electron chi connectivity index (χ2n) is 4.85. The summed E-state index contributed by atoms with van der Waals surface area (Å²) >= 11 is 4.95. The summed E-state index contributed by atoms with van der Waals surface area (Å²) in [4.78, 5) is 13.0. The van der Waals surface area contributed by atoms with Crippen molar-refractivity contribution in [1.29, 1.82) is 0 Å². The predicted octanol–water partition coefficient (Wildman–Crippen LogP) is 3.78. The average molecular weight is 404 g/mol. The summed E-state index contributed by atoms with van der Waals surface area (Å²) in [6.45, 7) is 0.721. The molecule has 1 aromatic carbocycles. The number of hydrogen-bond acceptors (Lipinski definition) is 5. The lowest BCUT2D eigenvalue weighted by atomic mass is 10.2. The summed E-state index contributed by atoms with van der Waals surface area (Å²) in [6.07, 6.45) is 0. The van der Waals surface area contributed by atoms with Crippen LogP contribution in [0, 0.1) is 0 Å². The Hall–Kier alpha value is -2.25. The number of nitrogens with one attached hydrogen (secondary N) is 1. The van der Waals surface area contributed by atoms with E-state index in [1.165, 1.54) is 0 Å². The molecule has 0 unspecified atom stereocenters. The molecule has 0 bridgehead atoms. The van der Waals surface area contributed by atoms with Gasteiger partial charge in [-0.15, -0.1) is 21.5 Å². The Morgan fingerprint density at radius 2 is 1.96 bits per heavy atom. The zero-order chi connectivity index (χ0) is 16.8. The molecule has 1 N–H and O–H groups in total. The van der Waals surface area contributed by atoms with Crippen LogP contribution in [0.3, 0.4) is 0 Å². The van der Waals surface area contributed by atoms with Crippen LogP contribution in [0.4, 0.5) is 0 Å². The van der Waals surface area contributed by atoms with Crippen LogP contribution in [-0.2, 0) is 0 Å². The molecule has 0 spiro atoms. The molecule has 0 saturated carbocycles. The minimum Gasteiger partial charge on any atom is -0.475 e. The first kappa shape index (κ1) is 16.6. The summed E-state index contributed by atoms with van der Waals surface area (Å²) in [5.74, 6) is 0.304. The fraction of sp³-hybridized carbons (Fsp3) is 0.118. The number of hydrogen-bond donors (Lipinski definition) is 1. The maximum atomic E-state index is 11.9. The fourth-order valence-corrected chi connectivity index (χ4v) is 2.93. The molecular weight excluding hydrogens is 390 g/mol. The van der Waals surface area contributed by atoms with Crippen LogP contribution in [0.2, 0.25) is 0 Å². The van der Waals surface area contributed by atoms with Gasteiger partial charge in [0.15, 0.2) is 0 Å². The third kappa shape index (κ3) is 4.39. The number of aromatic nitrogens is 2. The van der Waals surface area contributed by atoms with Gasteiger partial charge in [-0.2, -0.15) is 0 Å². The molecule has 2 aromatic heterocycles. The standard InChI is InChI=1S/C17H14BrN3O2S/c18-13-5-3-12(4-6-13)17(22)19-9-10-23-16-8-7-14(20-21-16)15-2-1-11-24-15/h1-8,11H,9-10H2,(H,19,22). The maximum Gasteiger partial charge on any atom is 0.251 e. The Labute approximate surface area is 151 Å². The molecule has 0 aliphatic rings. The highest BCUT2D eigenvalue weighted by Crippen LogP contribution is 2.22. The largest absolute Gasteiger partial charge is 0.475 e. The van der Waals surface area contributed by atoms with Crippen LogP contribution in [-0.4, -0.2) is 29.3 Å². The molecular formula is C17H14BrN3O2S. The lowest BCUT2D eigenvalue weighted by Crippen LogP contribution is -2.28. The Bertz CT molecular complexity index is 790. The van der Waals surface area contributed by atoms with Gasteiger partial charge in [-0.1, -0.05) is 22.0 Å². The van der Waals surface area contributed by atoms with E-state index in [0.29, 0.717) is 24.6 Å². The van der Waals surface area contributed by atoms with E-state index in [4.69, 9.17) is 4.74 Å². The summed E-state index contributed by atoms with van der Waals surface area (Å²) in [6, 6.07) is 14.8. The quantitative estimate of drug-likeness (QED) is 0.636. The number of amides is 1. The van der Waals surface area contributed by atoms with Gasteiger partial charge >= 0.3 is 0 Å². The Morgan fingerprint density at radius 1 is 1.12 bits per heavy atom. The fourth-order valence-electron chi connectivity index (χ4n) is 1.98. The number of thiophene rings is 1. The molecule has 24 heavy (non-hydrogen) atoms. The van der Waals surface area contributed by atoms with Crippen molar-refractivity contribution in [2.45, 2.75) is 0 Å². The summed E-state index contributed by atoms with van der Waals surface area (Å²) in [5.41, 5.74) is 1.43. The highest BCUT2D eigenvalue weighted by molar-refractivity contribution is 9.10. The number of nitrogens with zero attached hydrogens (tertiary/aromatic N) is 2. The molecule has 5 nitrogen and oxygen atoms in total. The lowest BCUT2D eigenvalue weighted by molar-refractivity contribution is 0.0946. The summed E-state index contributed by atoms with van der Waals surface area (Å²) < 4.78 is 6.43. The number of ether oxygens (including phenoxy) is 1. The molecule has 3 aromatic rings. The van der Waals surface area contributed by atoms with Crippen molar-refractivity contribution in [2.75, 3.05) is 13.2 Å². The predicted molar refractivity (Wildman–Crippen MR) is 97.3 cm³/mol. The molecule has 2 heterocycles. The third-order valence-corrected chi connectivity index (χ3v) is 4.58. The summed E-state index contributed by atoms with van der Waals surface area (Å²) in [5, 5.41) is 13.0. The van der Waals surface area contributed by atoms with Gasteiger partial charge in [-0.3, -0.25) is 4.79 Å². The van der Waals surface area contributed by atoms with E-state index in [2.05, 4.69) is 31.4 Å². The van der Waals surface area contributed by atoms with E-state index in [0.717, 1.165) is 15.0 Å². The molecule has 3 rings (SSSR count). The van der Waals surface area contributed by atoms with E-state index >= 15 is 0 Å². The number of benzene rings is 1. The smallest absolute Gasteiger partial charge is 0.251 e. The minimum atomic E-state index is -0.134. The van der Waals surface area contributed by atoms with Gasteiger partial charge in [0.05, 0.1) is 11.4 Å². The molecule has 1 amide bonds. The van der Waals surface area contributed by atoms with E-state index in [1.807, 2.05) is 35.7 Å². The Kier molecular flexibility index (Phi) is 5.55. The van der Waals surface area contributed by atoms with Gasteiger partial charge in [0.1, 0.15) is 12.3 Å². The van der Waals surface area contributed by atoms with Gasteiger partial charge < -0.3 is 10.1 Å². The first-order valence-electron chi connectivity index (χ1n) is 7.26. The van der Waals surface area contributed by atoms with Gasteiger partial charge in [-0.05, 0) is 41.8 Å². The number of rotatable bonds is 6. The van der Waals surface area contributed by atoms with Gasteiger partial charge in [0, 0.05) is 16.1 Å². The van der Waals surface area contributed by atoms with Crippen molar-refractivity contribution in [3.63, 3.8) is 0 Å². The van der Waals surface area contributed by atoms with Gasteiger partial charge in [0.25, 0.3) is 5.91 Å². The van der Waals surface area contributed by atoms with Crippen molar-refractivity contribution in [3.05, 3.63) is 63.9 Å². The zero-order valence-corrected chi connectivity index (χ0v) is 15.0. The lowest BCUT2D eigenvalue weighted by Gasteiger charge is -2.07. The number of carbonyl (C=O) groups excluding carboxylic acids is 1. The van der Waals surface area contributed by atoms with Crippen LogP contribution in [0.1, 0.15) is 10.4 Å². The molecule has 7 heteroatoms. The monoisotopic (exact) mass is 403 g/mol. The molecule has 0 atom stereocenters. The Balaban J connectivity index is 1.45. The van der Waals surface area contributed by atoms with Crippen molar-refractivity contribution in [3.8, 4) is 16.5 Å². The van der Waals surface area contributed by atoms with E-state index < -0.39 is 0 Å². The van der Waals surface area contributed by atoms with Gasteiger partial charge in [-0.25, -0.2) is 0 Å². The number of carbonyl (C=O) groups is 1. The molecule has 0 aliphatic carbocycles. The second kappa shape index (κ2) is 8.03. The summed E-state index contributed by atoms with van der Waals surface area (Å²) in [7, 11) is 0. The molecule has 0 radical (unpaired) electrons. The zero-order valence-electron chi connectivity index (χ0n) is 12.6. The maximum absolute atomic E-state index is 11.9. The van der Waals surface area contributed by atoms with Crippen molar-refractivity contribution >= 4 is 33.2 Å². The highest BCUT2D eigenvalue weighted by atomic mass is 79.9. The molecule has 122 valence electrons. The van der Waals surface area contributed by atoms with E-state index in [-0.39, 0.29) is 5.91 Å². The van der Waals surface area contributed by atoms with Crippen LogP contribution < -0.4 is 10.1 Å². The SMILES string of the molecule is O=C(NCCOc1ccc(-c2cccs2)nn1)c1ccc(Br)cc1. The molecule has 0 fully saturated rings. The van der Waals surface area contributed by atoms with Crippen molar-refractivity contribution < 1.29 is 9.53 Å².